The summed E-state index contributed by atoms with van der Waals surface area (Å²) in [6, 6.07) is 5.85. The molecule has 0 fully saturated rings. The molecule has 4 nitrogen and oxygen atoms in total. The van der Waals surface area contributed by atoms with E-state index in [9.17, 15) is 22.8 Å². The number of hydrogen-bond donors (Lipinski definition) is 2. The molecule has 0 bridgehead atoms. The first kappa shape index (κ1) is 16.4. The van der Waals surface area contributed by atoms with Gasteiger partial charge in [-0.2, -0.15) is 13.2 Å². The normalized spacial score (nSPS) is 11.2. The van der Waals surface area contributed by atoms with Crippen LogP contribution >= 0.6 is 11.8 Å². The van der Waals surface area contributed by atoms with Crippen molar-refractivity contribution in [2.45, 2.75) is 12.7 Å². The van der Waals surface area contributed by atoms with E-state index in [1.165, 1.54) is 24.3 Å². The third-order valence-corrected chi connectivity index (χ3v) is 3.19. The molecule has 0 radical (unpaired) electrons. The van der Waals surface area contributed by atoms with Crippen molar-refractivity contribution in [3.8, 4) is 0 Å². The van der Waals surface area contributed by atoms with E-state index >= 15 is 0 Å². The van der Waals surface area contributed by atoms with E-state index in [1.54, 1.807) is 0 Å². The summed E-state index contributed by atoms with van der Waals surface area (Å²) in [4.78, 5) is 21.9. The molecule has 1 rings (SSSR count). The minimum Gasteiger partial charge on any atom is -0.478 e. The van der Waals surface area contributed by atoms with E-state index in [0.717, 1.165) is 0 Å². The van der Waals surface area contributed by atoms with Gasteiger partial charge in [0.1, 0.15) is 0 Å². The Kier molecular flexibility index (Phi) is 5.87. The SMILES string of the molecule is O=C(CSCC(F)(F)F)NCc1ccc(C(=O)O)cc1. The largest absolute Gasteiger partial charge is 0.478 e. The topological polar surface area (TPSA) is 66.4 Å². The summed E-state index contributed by atoms with van der Waals surface area (Å²) in [5.74, 6) is -2.88. The third kappa shape index (κ3) is 6.46. The lowest BCUT2D eigenvalue weighted by atomic mass is 10.1. The van der Waals surface area contributed by atoms with Crippen LogP contribution in [0.4, 0.5) is 13.2 Å². The highest BCUT2D eigenvalue weighted by Crippen LogP contribution is 2.20. The van der Waals surface area contributed by atoms with E-state index in [0.29, 0.717) is 17.3 Å². The molecule has 0 aliphatic carbocycles. The molecule has 1 aromatic rings. The second-order valence-corrected chi connectivity index (χ2v) is 4.87. The first-order chi connectivity index (χ1) is 9.28. The van der Waals surface area contributed by atoms with Crippen LogP contribution in [0.1, 0.15) is 15.9 Å². The molecule has 0 aliphatic rings. The number of hydrogen-bond acceptors (Lipinski definition) is 3. The first-order valence-electron chi connectivity index (χ1n) is 5.51. The van der Waals surface area contributed by atoms with Gasteiger partial charge in [-0.1, -0.05) is 12.1 Å². The van der Waals surface area contributed by atoms with Crippen LogP contribution in [0.3, 0.4) is 0 Å². The lowest BCUT2D eigenvalue weighted by Gasteiger charge is -2.07. The number of nitrogens with one attached hydrogen (secondary N) is 1. The minimum absolute atomic E-state index is 0.126. The third-order valence-electron chi connectivity index (χ3n) is 2.19. The van der Waals surface area contributed by atoms with Gasteiger partial charge < -0.3 is 10.4 Å². The van der Waals surface area contributed by atoms with Crippen molar-refractivity contribution in [3.05, 3.63) is 35.4 Å². The number of carbonyl (C=O) groups excluding carboxylic acids is 1. The minimum atomic E-state index is -4.28. The van der Waals surface area contributed by atoms with Gasteiger partial charge in [0.25, 0.3) is 0 Å². The Balaban J connectivity index is 2.32. The van der Waals surface area contributed by atoms with E-state index in [1.807, 2.05) is 0 Å². The lowest BCUT2D eigenvalue weighted by molar-refractivity contribution is -0.118. The fourth-order valence-corrected chi connectivity index (χ4v) is 1.90. The number of alkyl halides is 3. The molecule has 110 valence electrons. The fraction of sp³-hybridized carbons (Fsp3) is 0.333. The Labute approximate surface area is 117 Å². The molecular weight excluding hydrogens is 295 g/mol. The Bertz CT molecular complexity index is 474. The summed E-state index contributed by atoms with van der Waals surface area (Å²) in [5, 5.41) is 11.2. The van der Waals surface area contributed by atoms with E-state index in [-0.39, 0.29) is 17.9 Å². The average molecular weight is 307 g/mol. The molecule has 8 heteroatoms. The van der Waals surface area contributed by atoms with Crippen LogP contribution in [0.2, 0.25) is 0 Å². The molecule has 2 N–H and O–H groups in total. The number of carbonyl (C=O) groups is 2. The zero-order valence-electron chi connectivity index (χ0n) is 10.2. The summed E-state index contributed by atoms with van der Waals surface area (Å²) in [7, 11) is 0. The average Bonchev–Trinajstić information content (AvgIpc) is 2.35. The molecule has 0 atom stereocenters. The van der Waals surface area contributed by atoms with Crippen molar-refractivity contribution in [2.24, 2.45) is 0 Å². The second kappa shape index (κ2) is 7.18. The van der Waals surface area contributed by atoms with Crippen molar-refractivity contribution in [3.63, 3.8) is 0 Å². The van der Waals surface area contributed by atoms with Crippen LogP contribution in [0, 0.1) is 0 Å². The number of carboxylic acid groups (broad SMARTS) is 1. The number of amides is 1. The number of benzene rings is 1. The number of thioether (sulfide) groups is 1. The molecular formula is C12H12F3NO3S. The number of halogens is 3. The molecule has 0 saturated heterocycles. The molecule has 0 aromatic heterocycles. The molecule has 0 spiro atoms. The quantitative estimate of drug-likeness (QED) is 0.846. The van der Waals surface area contributed by atoms with E-state index in [2.05, 4.69) is 5.32 Å². The van der Waals surface area contributed by atoms with Crippen LogP contribution in [0.15, 0.2) is 24.3 Å². The highest BCUT2D eigenvalue weighted by atomic mass is 32.2. The van der Waals surface area contributed by atoms with Crippen LogP contribution in [0.25, 0.3) is 0 Å². The zero-order valence-corrected chi connectivity index (χ0v) is 11.1. The Morgan fingerprint density at radius 2 is 1.80 bits per heavy atom. The maximum atomic E-state index is 11.9. The monoisotopic (exact) mass is 307 g/mol. The van der Waals surface area contributed by atoms with Crippen molar-refractivity contribution in [1.29, 1.82) is 0 Å². The summed E-state index contributed by atoms with van der Waals surface area (Å²) in [6.07, 6.45) is -4.28. The lowest BCUT2D eigenvalue weighted by Crippen LogP contribution is -2.25. The predicted octanol–water partition coefficient (Wildman–Crippen LogP) is 2.30. The van der Waals surface area contributed by atoms with E-state index in [4.69, 9.17) is 5.11 Å². The zero-order chi connectivity index (χ0) is 15.2. The van der Waals surface area contributed by atoms with Gasteiger partial charge in [0, 0.05) is 6.54 Å². The van der Waals surface area contributed by atoms with Gasteiger partial charge in [-0.25, -0.2) is 4.79 Å². The second-order valence-electron chi connectivity index (χ2n) is 3.89. The van der Waals surface area contributed by atoms with Gasteiger partial charge in [-0.05, 0) is 17.7 Å². The maximum absolute atomic E-state index is 11.9. The molecule has 0 heterocycles. The molecule has 0 aliphatic heterocycles. The highest BCUT2D eigenvalue weighted by molar-refractivity contribution is 8.00. The van der Waals surface area contributed by atoms with Crippen LogP contribution in [-0.2, 0) is 11.3 Å². The van der Waals surface area contributed by atoms with Crippen molar-refractivity contribution in [1.82, 2.24) is 5.32 Å². The molecule has 1 aromatic carbocycles. The van der Waals surface area contributed by atoms with Crippen LogP contribution < -0.4 is 5.32 Å². The summed E-state index contributed by atoms with van der Waals surface area (Å²) in [6.45, 7) is 0.144. The first-order valence-corrected chi connectivity index (χ1v) is 6.67. The van der Waals surface area contributed by atoms with Gasteiger partial charge in [0.15, 0.2) is 0 Å². The summed E-state index contributed by atoms with van der Waals surface area (Å²) >= 11 is 0.495. The van der Waals surface area contributed by atoms with E-state index < -0.39 is 23.8 Å². The standard InChI is InChI=1S/C12H12F3NO3S/c13-12(14,15)7-20-6-10(17)16-5-8-1-3-9(4-2-8)11(18)19/h1-4H,5-7H2,(H,16,17)(H,18,19). The number of carboxylic acids is 1. The van der Waals surface area contributed by atoms with Crippen molar-refractivity contribution in [2.75, 3.05) is 11.5 Å². The highest BCUT2D eigenvalue weighted by Gasteiger charge is 2.27. The fourth-order valence-electron chi connectivity index (χ4n) is 1.28. The predicted molar refractivity (Wildman–Crippen MR) is 68.6 cm³/mol. The van der Waals surface area contributed by atoms with Gasteiger partial charge in [0.05, 0.1) is 17.1 Å². The van der Waals surface area contributed by atoms with Crippen molar-refractivity contribution < 1.29 is 27.9 Å². The summed E-state index contributed by atoms with van der Waals surface area (Å²) in [5.41, 5.74) is 0.796. The molecule has 0 saturated carbocycles. The number of aromatic carboxylic acids is 1. The smallest absolute Gasteiger partial charge is 0.397 e. The van der Waals surface area contributed by atoms with Gasteiger partial charge in [-0.15, -0.1) is 11.8 Å². The van der Waals surface area contributed by atoms with Gasteiger partial charge >= 0.3 is 12.1 Å². The molecule has 1 amide bonds. The molecule has 20 heavy (non-hydrogen) atoms. The van der Waals surface area contributed by atoms with Gasteiger partial charge in [-0.3, -0.25) is 4.79 Å². The Morgan fingerprint density at radius 3 is 2.30 bits per heavy atom. The van der Waals surface area contributed by atoms with Gasteiger partial charge in [0.2, 0.25) is 5.91 Å². The summed E-state index contributed by atoms with van der Waals surface area (Å²) < 4.78 is 35.6. The van der Waals surface area contributed by atoms with Crippen LogP contribution in [0.5, 0.6) is 0 Å². The van der Waals surface area contributed by atoms with Crippen molar-refractivity contribution >= 4 is 23.6 Å². The number of rotatable bonds is 6. The van der Waals surface area contributed by atoms with Crippen LogP contribution in [-0.4, -0.2) is 34.7 Å². The Morgan fingerprint density at radius 1 is 1.20 bits per heavy atom. The molecule has 0 unspecified atom stereocenters. The maximum Gasteiger partial charge on any atom is 0.397 e. The Hall–Kier alpha value is -1.70.